The minimum atomic E-state index is 0.503. The second kappa shape index (κ2) is 5.98. The quantitative estimate of drug-likeness (QED) is 0.645. The first-order valence-electron chi connectivity index (χ1n) is 9.04. The van der Waals surface area contributed by atoms with Crippen LogP contribution in [0.2, 0.25) is 0 Å². The molecule has 0 saturated heterocycles. The first kappa shape index (κ1) is 15.1. The lowest BCUT2D eigenvalue weighted by Gasteiger charge is -2.28. The Morgan fingerprint density at radius 3 is 2.76 bits per heavy atom. The van der Waals surface area contributed by atoms with Gasteiger partial charge in [0.05, 0.1) is 10.2 Å². The Morgan fingerprint density at radius 2 is 2.00 bits per heavy atom. The van der Waals surface area contributed by atoms with Crippen molar-refractivity contribution >= 4 is 39.1 Å². The van der Waals surface area contributed by atoms with Gasteiger partial charge in [-0.15, -0.1) is 11.3 Å². The van der Waals surface area contributed by atoms with E-state index in [0.29, 0.717) is 6.04 Å². The maximum absolute atomic E-state index is 4.77. The van der Waals surface area contributed by atoms with Crippen LogP contribution < -0.4 is 10.6 Å². The SMILES string of the molecule is Cc1cc(Nc2nc(NC3C[C@H]4CC[C@@H](C3)C4)nc3ccsc23)n[nH]1. The molecular weight excluding hydrogens is 332 g/mol. The van der Waals surface area contributed by atoms with Gasteiger partial charge in [0, 0.05) is 17.8 Å². The lowest BCUT2D eigenvalue weighted by atomic mass is 9.85. The zero-order chi connectivity index (χ0) is 16.8. The fraction of sp³-hybridized carbons (Fsp3) is 0.500. The summed E-state index contributed by atoms with van der Waals surface area (Å²) in [5.74, 6) is 4.13. The van der Waals surface area contributed by atoms with Crippen LogP contribution in [0.25, 0.3) is 10.2 Å². The van der Waals surface area contributed by atoms with Crippen molar-refractivity contribution < 1.29 is 0 Å². The fourth-order valence-corrected chi connectivity index (χ4v) is 5.20. The summed E-state index contributed by atoms with van der Waals surface area (Å²) in [5.41, 5.74) is 2.01. The molecule has 0 spiro atoms. The van der Waals surface area contributed by atoms with E-state index in [1.807, 2.05) is 13.0 Å². The molecular formula is C18H22N6S. The summed E-state index contributed by atoms with van der Waals surface area (Å²) >= 11 is 1.65. The van der Waals surface area contributed by atoms with Gasteiger partial charge >= 0.3 is 0 Å². The van der Waals surface area contributed by atoms with Crippen molar-refractivity contribution in [1.29, 1.82) is 0 Å². The minimum absolute atomic E-state index is 0.503. The van der Waals surface area contributed by atoms with Gasteiger partial charge < -0.3 is 10.6 Å². The van der Waals surface area contributed by atoms with Crippen LogP contribution in [0.1, 0.15) is 37.8 Å². The standard InChI is InChI=1S/C18H22N6S/c1-10-6-15(24-23-10)21-17-16-14(4-5-25-16)20-18(22-17)19-13-8-11-2-3-12(7-11)9-13/h4-6,11-13H,2-3,7-9H2,1H3,(H3,19,20,21,22,23,24)/t11-,12+,13?. The Balaban J connectivity index is 1.43. The molecule has 3 aromatic heterocycles. The average Bonchev–Trinajstić information content (AvgIpc) is 3.29. The van der Waals surface area contributed by atoms with E-state index in [1.54, 1.807) is 11.3 Å². The molecule has 2 aliphatic rings. The molecule has 25 heavy (non-hydrogen) atoms. The Kier molecular flexibility index (Phi) is 3.62. The van der Waals surface area contributed by atoms with E-state index in [0.717, 1.165) is 45.3 Å². The largest absolute Gasteiger partial charge is 0.351 e. The average molecular weight is 354 g/mol. The number of fused-ring (bicyclic) bond motifs is 3. The number of thiophene rings is 1. The van der Waals surface area contributed by atoms with E-state index >= 15 is 0 Å². The number of hydrogen-bond donors (Lipinski definition) is 3. The van der Waals surface area contributed by atoms with Crippen LogP contribution in [0.15, 0.2) is 17.5 Å². The Morgan fingerprint density at radius 1 is 1.16 bits per heavy atom. The lowest BCUT2D eigenvalue weighted by molar-refractivity contribution is 0.333. The van der Waals surface area contributed by atoms with Crippen LogP contribution in [0.4, 0.5) is 17.6 Å². The number of aromatic nitrogens is 4. The monoisotopic (exact) mass is 354 g/mol. The summed E-state index contributed by atoms with van der Waals surface area (Å²) < 4.78 is 1.06. The number of hydrogen-bond acceptors (Lipinski definition) is 6. The number of aromatic amines is 1. The third kappa shape index (κ3) is 2.97. The third-order valence-electron chi connectivity index (χ3n) is 5.47. The van der Waals surface area contributed by atoms with Crippen molar-refractivity contribution in [3.63, 3.8) is 0 Å². The molecule has 3 aromatic rings. The number of nitrogens with one attached hydrogen (secondary N) is 3. The van der Waals surface area contributed by atoms with E-state index in [9.17, 15) is 0 Å². The summed E-state index contributed by atoms with van der Waals surface area (Å²) in [6, 6.07) is 4.54. The maximum atomic E-state index is 4.77. The van der Waals surface area contributed by atoms with Gasteiger partial charge in [0.1, 0.15) is 0 Å². The molecule has 0 radical (unpaired) electrons. The van der Waals surface area contributed by atoms with Gasteiger partial charge in [0.25, 0.3) is 0 Å². The lowest BCUT2D eigenvalue weighted by Crippen LogP contribution is -2.28. The first-order valence-corrected chi connectivity index (χ1v) is 9.92. The highest BCUT2D eigenvalue weighted by Gasteiger charge is 2.34. The summed E-state index contributed by atoms with van der Waals surface area (Å²) in [6.45, 7) is 1.99. The van der Waals surface area contributed by atoms with Crippen molar-refractivity contribution in [2.75, 3.05) is 10.6 Å². The number of nitrogens with zero attached hydrogens (tertiary/aromatic N) is 3. The van der Waals surface area contributed by atoms with Crippen LogP contribution in [-0.2, 0) is 0 Å². The van der Waals surface area contributed by atoms with Crippen molar-refractivity contribution in [3.8, 4) is 0 Å². The van der Waals surface area contributed by atoms with Gasteiger partial charge in [-0.05, 0) is 49.5 Å². The van der Waals surface area contributed by atoms with Gasteiger partial charge in [-0.1, -0.05) is 12.8 Å². The molecule has 2 aliphatic carbocycles. The first-order chi connectivity index (χ1) is 12.2. The predicted octanol–water partition coefficient (Wildman–Crippen LogP) is 4.46. The molecule has 7 heteroatoms. The number of H-pyrrole nitrogens is 1. The highest BCUT2D eigenvalue weighted by molar-refractivity contribution is 7.17. The Labute approximate surface area is 150 Å². The van der Waals surface area contributed by atoms with Crippen LogP contribution in [-0.4, -0.2) is 26.2 Å². The predicted molar refractivity (Wildman–Crippen MR) is 101 cm³/mol. The molecule has 5 rings (SSSR count). The Bertz CT molecular complexity index is 888. The van der Waals surface area contributed by atoms with E-state index in [-0.39, 0.29) is 0 Å². The van der Waals surface area contributed by atoms with E-state index in [1.165, 1.54) is 32.1 Å². The maximum Gasteiger partial charge on any atom is 0.225 e. The minimum Gasteiger partial charge on any atom is -0.351 e. The van der Waals surface area contributed by atoms with Crippen LogP contribution >= 0.6 is 11.3 Å². The van der Waals surface area contributed by atoms with Gasteiger partial charge in [-0.2, -0.15) is 10.1 Å². The molecule has 3 N–H and O–H groups in total. The molecule has 1 unspecified atom stereocenters. The van der Waals surface area contributed by atoms with Gasteiger partial charge in [0.2, 0.25) is 5.95 Å². The molecule has 0 amide bonds. The normalized spacial score (nSPS) is 25.4. The summed E-state index contributed by atoms with van der Waals surface area (Å²) in [7, 11) is 0. The van der Waals surface area contributed by atoms with Gasteiger partial charge in [-0.3, -0.25) is 5.10 Å². The second-order valence-electron chi connectivity index (χ2n) is 7.45. The van der Waals surface area contributed by atoms with Crippen molar-refractivity contribution in [3.05, 3.63) is 23.2 Å². The molecule has 2 saturated carbocycles. The molecule has 130 valence electrons. The molecule has 3 atom stereocenters. The van der Waals surface area contributed by atoms with Gasteiger partial charge in [0.15, 0.2) is 11.6 Å². The number of rotatable bonds is 4. The second-order valence-corrected chi connectivity index (χ2v) is 8.37. The van der Waals surface area contributed by atoms with Crippen molar-refractivity contribution in [2.45, 2.75) is 45.1 Å². The molecule has 0 aliphatic heterocycles. The third-order valence-corrected chi connectivity index (χ3v) is 6.39. The fourth-order valence-electron chi connectivity index (χ4n) is 4.42. The van der Waals surface area contributed by atoms with Crippen molar-refractivity contribution in [2.24, 2.45) is 11.8 Å². The summed E-state index contributed by atoms with van der Waals surface area (Å²) in [5, 5.41) is 16.2. The number of anilines is 3. The zero-order valence-electron chi connectivity index (χ0n) is 14.2. The highest BCUT2D eigenvalue weighted by Crippen LogP contribution is 2.42. The Hall–Kier alpha value is -2.15. The zero-order valence-corrected chi connectivity index (χ0v) is 15.1. The van der Waals surface area contributed by atoms with Gasteiger partial charge in [-0.25, -0.2) is 4.98 Å². The van der Waals surface area contributed by atoms with E-state index in [2.05, 4.69) is 32.3 Å². The van der Waals surface area contributed by atoms with Crippen LogP contribution in [0.5, 0.6) is 0 Å². The number of aryl methyl sites for hydroxylation is 1. The smallest absolute Gasteiger partial charge is 0.225 e. The molecule has 0 aromatic carbocycles. The summed E-state index contributed by atoms with van der Waals surface area (Å²) in [6.07, 6.45) is 6.73. The molecule has 2 fully saturated rings. The molecule has 2 bridgehead atoms. The highest BCUT2D eigenvalue weighted by atomic mass is 32.1. The van der Waals surface area contributed by atoms with E-state index in [4.69, 9.17) is 9.97 Å². The van der Waals surface area contributed by atoms with E-state index < -0.39 is 0 Å². The van der Waals surface area contributed by atoms with Crippen molar-refractivity contribution in [1.82, 2.24) is 20.2 Å². The summed E-state index contributed by atoms with van der Waals surface area (Å²) in [4.78, 5) is 9.49. The topological polar surface area (TPSA) is 78.5 Å². The molecule has 6 nitrogen and oxygen atoms in total. The van der Waals surface area contributed by atoms with Crippen LogP contribution in [0, 0.1) is 18.8 Å². The molecule has 3 heterocycles. The van der Waals surface area contributed by atoms with Crippen LogP contribution in [0.3, 0.4) is 0 Å².